The van der Waals surface area contributed by atoms with Gasteiger partial charge in [0.15, 0.2) is 0 Å². The van der Waals surface area contributed by atoms with Crippen LogP contribution in [0.1, 0.15) is 13.3 Å². The van der Waals surface area contributed by atoms with E-state index in [-0.39, 0.29) is 0 Å². The van der Waals surface area contributed by atoms with Gasteiger partial charge < -0.3 is 15.1 Å². The zero-order valence-corrected chi connectivity index (χ0v) is 9.23. The molecule has 86 valence electrons. The van der Waals surface area contributed by atoms with Crippen molar-refractivity contribution in [2.75, 3.05) is 14.1 Å². The smallest absolute Gasteiger partial charge is 0.314 e. The van der Waals surface area contributed by atoms with Crippen LogP contribution in [-0.2, 0) is 9.59 Å². The summed E-state index contributed by atoms with van der Waals surface area (Å²) >= 11 is 0. The lowest BCUT2D eigenvalue weighted by atomic mass is 10.4. The van der Waals surface area contributed by atoms with Crippen LogP contribution in [0.2, 0.25) is 0 Å². The van der Waals surface area contributed by atoms with Gasteiger partial charge in [-0.25, -0.2) is 0 Å². The van der Waals surface area contributed by atoms with Crippen LogP contribution in [0.15, 0.2) is 24.4 Å². The van der Waals surface area contributed by atoms with Crippen molar-refractivity contribution >= 4 is 11.9 Å². The lowest BCUT2D eigenvalue weighted by Gasteiger charge is -2.11. The number of hydrogen-bond donors (Lipinski definition) is 2. The second-order valence-corrected chi connectivity index (χ2v) is 2.78. The Morgan fingerprint density at radius 1 is 1.27 bits per heavy atom. The number of carbonyl (C=O) groups is 2. The fraction of sp³-hybridized carbons (Fsp3) is 0.400. The van der Waals surface area contributed by atoms with Gasteiger partial charge in [0.1, 0.15) is 6.42 Å². The van der Waals surface area contributed by atoms with E-state index in [0.29, 0.717) is 0 Å². The molecule has 2 N–H and O–H groups in total. The second kappa shape index (κ2) is 8.80. The number of rotatable bonds is 4. The third-order valence-corrected chi connectivity index (χ3v) is 1.32. The third-order valence-electron chi connectivity index (χ3n) is 1.32. The van der Waals surface area contributed by atoms with E-state index in [9.17, 15) is 9.59 Å². The summed E-state index contributed by atoms with van der Waals surface area (Å²) in [6.45, 7) is 5.64. The Hall–Kier alpha value is -1.78. The number of aliphatic carboxylic acids is 2. The monoisotopic (exact) mass is 215 g/mol. The van der Waals surface area contributed by atoms with Crippen molar-refractivity contribution in [3.8, 4) is 0 Å². The van der Waals surface area contributed by atoms with Gasteiger partial charge in [0.2, 0.25) is 0 Å². The van der Waals surface area contributed by atoms with Gasteiger partial charge in [-0.05, 0) is 13.0 Å². The van der Waals surface area contributed by atoms with Crippen LogP contribution < -0.4 is 0 Å². The average molecular weight is 215 g/mol. The summed E-state index contributed by atoms with van der Waals surface area (Å²) in [6.07, 6.45) is 3.05. The minimum absolute atomic E-state index is 0.806. The van der Waals surface area contributed by atoms with E-state index < -0.39 is 18.4 Å². The number of allylic oxidation sites excluding steroid dienone is 2. The van der Waals surface area contributed by atoms with Crippen molar-refractivity contribution in [2.24, 2.45) is 0 Å². The Morgan fingerprint density at radius 3 is 1.67 bits per heavy atom. The van der Waals surface area contributed by atoms with Crippen LogP contribution in [0.25, 0.3) is 0 Å². The summed E-state index contributed by atoms with van der Waals surface area (Å²) in [6, 6.07) is 0. The predicted molar refractivity (Wildman–Crippen MR) is 57.5 cm³/mol. The van der Waals surface area contributed by atoms with Gasteiger partial charge in [0, 0.05) is 19.8 Å². The van der Waals surface area contributed by atoms with E-state index in [2.05, 4.69) is 6.58 Å². The van der Waals surface area contributed by atoms with Crippen molar-refractivity contribution in [2.45, 2.75) is 13.3 Å². The van der Waals surface area contributed by atoms with E-state index in [0.717, 1.165) is 5.70 Å². The summed E-state index contributed by atoms with van der Waals surface area (Å²) in [5.41, 5.74) is 1.16. The predicted octanol–water partition coefficient (Wildman–Crippen LogP) is 1.18. The third kappa shape index (κ3) is 12.2. The lowest BCUT2D eigenvalue weighted by molar-refractivity contribution is -0.147. The summed E-state index contributed by atoms with van der Waals surface area (Å²) in [5.74, 6) is -2.62. The number of nitrogens with zero attached hydrogens (tertiary/aromatic N) is 1. The fourth-order valence-electron chi connectivity index (χ4n) is 0.688. The Labute approximate surface area is 89.3 Å². The highest BCUT2D eigenvalue weighted by molar-refractivity contribution is 5.88. The lowest BCUT2D eigenvalue weighted by Crippen LogP contribution is -2.07. The van der Waals surface area contributed by atoms with Gasteiger partial charge in [-0.15, -0.1) is 0 Å². The highest BCUT2D eigenvalue weighted by Gasteiger charge is 2.01. The first kappa shape index (κ1) is 15.7. The van der Waals surface area contributed by atoms with Crippen LogP contribution >= 0.6 is 0 Å². The molecule has 0 aliphatic heterocycles. The highest BCUT2D eigenvalue weighted by Crippen LogP contribution is 1.96. The highest BCUT2D eigenvalue weighted by atomic mass is 16.4. The van der Waals surface area contributed by atoms with Gasteiger partial charge in [0.25, 0.3) is 0 Å². The molecule has 0 rings (SSSR count). The van der Waals surface area contributed by atoms with Crippen molar-refractivity contribution in [1.82, 2.24) is 4.90 Å². The number of carboxylic acid groups (broad SMARTS) is 2. The van der Waals surface area contributed by atoms with E-state index in [1.807, 2.05) is 38.1 Å². The van der Waals surface area contributed by atoms with Gasteiger partial charge >= 0.3 is 11.9 Å². The molecule has 0 spiro atoms. The normalized spacial score (nSPS) is 9.67. The van der Waals surface area contributed by atoms with E-state index in [1.54, 1.807) is 0 Å². The Balaban J connectivity index is 0. The Morgan fingerprint density at radius 2 is 1.67 bits per heavy atom. The molecule has 0 atom stereocenters. The van der Waals surface area contributed by atoms with Crippen molar-refractivity contribution in [1.29, 1.82) is 0 Å². The molecule has 5 heteroatoms. The molecule has 0 aliphatic carbocycles. The molecule has 0 saturated carbocycles. The molecule has 0 radical (unpaired) electrons. The van der Waals surface area contributed by atoms with Gasteiger partial charge in [-0.1, -0.05) is 12.7 Å². The molecule has 0 bridgehead atoms. The second-order valence-electron chi connectivity index (χ2n) is 2.78. The zero-order chi connectivity index (χ0) is 12.4. The quantitative estimate of drug-likeness (QED) is 0.544. The average Bonchev–Trinajstić information content (AvgIpc) is 2.03. The molecule has 0 unspecified atom stereocenters. The number of carboxylic acids is 2. The fourth-order valence-corrected chi connectivity index (χ4v) is 0.688. The minimum Gasteiger partial charge on any atom is -0.481 e. The van der Waals surface area contributed by atoms with Gasteiger partial charge in [-0.2, -0.15) is 0 Å². The van der Waals surface area contributed by atoms with Crippen molar-refractivity contribution in [3.63, 3.8) is 0 Å². The van der Waals surface area contributed by atoms with Crippen LogP contribution in [0.3, 0.4) is 0 Å². The molecule has 0 aromatic heterocycles. The maximum absolute atomic E-state index is 9.43. The summed E-state index contributed by atoms with van der Waals surface area (Å²) in [5, 5.41) is 15.4. The SMILES string of the molecule is C=CC(=CC)N(C)C.O=C(O)CC(=O)O. The van der Waals surface area contributed by atoms with E-state index in [1.165, 1.54) is 0 Å². The summed E-state index contributed by atoms with van der Waals surface area (Å²) < 4.78 is 0. The van der Waals surface area contributed by atoms with Crippen molar-refractivity contribution in [3.05, 3.63) is 24.4 Å². The first-order chi connectivity index (χ1) is 6.84. The zero-order valence-electron chi connectivity index (χ0n) is 9.23. The number of likely N-dealkylation sites (N-methyl/N-ethyl adjacent to an activating group) is 1. The Kier molecular flexibility index (Phi) is 9.20. The largest absolute Gasteiger partial charge is 0.481 e. The van der Waals surface area contributed by atoms with Gasteiger partial charge in [0.05, 0.1) is 0 Å². The van der Waals surface area contributed by atoms with E-state index >= 15 is 0 Å². The molecule has 15 heavy (non-hydrogen) atoms. The molecule has 0 amide bonds. The molecular formula is C10H17NO4. The minimum atomic E-state index is -1.31. The molecule has 0 heterocycles. The maximum atomic E-state index is 9.43. The van der Waals surface area contributed by atoms with Crippen LogP contribution in [-0.4, -0.2) is 41.1 Å². The topological polar surface area (TPSA) is 77.8 Å². The molecule has 0 aromatic rings. The molecule has 5 nitrogen and oxygen atoms in total. The molecule has 0 aromatic carbocycles. The molecular weight excluding hydrogens is 198 g/mol. The van der Waals surface area contributed by atoms with Crippen LogP contribution in [0.4, 0.5) is 0 Å². The number of hydrogen-bond acceptors (Lipinski definition) is 3. The molecule has 0 fully saturated rings. The van der Waals surface area contributed by atoms with E-state index in [4.69, 9.17) is 10.2 Å². The van der Waals surface area contributed by atoms with Gasteiger partial charge in [-0.3, -0.25) is 9.59 Å². The Bertz CT molecular complexity index is 244. The molecule has 0 aliphatic rings. The standard InChI is InChI=1S/C7H13N.C3H4O4/c1-5-7(6-2)8(3)4;4-2(5)1-3(6)7/h5-6H,1H2,2-4H3;1H2,(H,4,5)(H,6,7). The maximum Gasteiger partial charge on any atom is 0.314 e. The van der Waals surface area contributed by atoms with Crippen molar-refractivity contribution < 1.29 is 19.8 Å². The first-order valence-electron chi connectivity index (χ1n) is 4.24. The van der Waals surface area contributed by atoms with Crippen LogP contribution in [0, 0.1) is 0 Å². The summed E-state index contributed by atoms with van der Waals surface area (Å²) in [7, 11) is 3.99. The summed E-state index contributed by atoms with van der Waals surface area (Å²) in [4.78, 5) is 20.9. The first-order valence-corrected chi connectivity index (χ1v) is 4.24. The van der Waals surface area contributed by atoms with Crippen LogP contribution in [0.5, 0.6) is 0 Å². The molecule has 0 saturated heterocycles.